The van der Waals surface area contributed by atoms with E-state index in [2.05, 4.69) is 16.1 Å². The van der Waals surface area contributed by atoms with Gasteiger partial charge in [0.1, 0.15) is 12.6 Å². The Bertz CT molecular complexity index is 1220. The summed E-state index contributed by atoms with van der Waals surface area (Å²) in [6.45, 7) is -0.0217. The number of sulfonamides is 1. The largest absolute Gasteiger partial charge is 0.452 e. The van der Waals surface area contributed by atoms with Crippen molar-refractivity contribution in [3.05, 3.63) is 60.3 Å². The summed E-state index contributed by atoms with van der Waals surface area (Å²) < 4.78 is 31.7. The van der Waals surface area contributed by atoms with Crippen LogP contribution >= 0.6 is 0 Å². The van der Waals surface area contributed by atoms with Crippen LogP contribution in [0.1, 0.15) is 5.56 Å². The number of hydrogen-bond donors (Lipinski definition) is 2. The molecule has 0 saturated heterocycles. The third-order valence-corrected chi connectivity index (χ3v) is 5.40. The van der Waals surface area contributed by atoms with E-state index < -0.39 is 16.1 Å². The minimum absolute atomic E-state index is 0.0217. The van der Waals surface area contributed by atoms with Crippen molar-refractivity contribution in [3.8, 4) is 6.07 Å². The maximum absolute atomic E-state index is 12.4. The van der Waals surface area contributed by atoms with E-state index in [1.165, 1.54) is 24.3 Å². The molecule has 0 spiro atoms. The normalized spacial score (nSPS) is 10.9. The Labute approximate surface area is 166 Å². The molecular weight excluding hydrogens is 396 g/mol. The number of carbonyl (C=O) groups excluding carboxylic acids is 2. The van der Waals surface area contributed by atoms with Gasteiger partial charge in [-0.1, -0.05) is 18.2 Å². The molecule has 148 valence electrons. The van der Waals surface area contributed by atoms with Crippen molar-refractivity contribution >= 4 is 38.6 Å². The zero-order valence-corrected chi connectivity index (χ0v) is 16.1. The van der Waals surface area contributed by atoms with E-state index in [-0.39, 0.29) is 17.3 Å². The highest BCUT2D eigenvalue weighted by molar-refractivity contribution is 7.90. The van der Waals surface area contributed by atoms with E-state index >= 15 is 0 Å². The fraction of sp³-hybridized carbons (Fsp3) is 0.105. The van der Waals surface area contributed by atoms with Crippen LogP contribution in [0.5, 0.6) is 0 Å². The number of fused-ring (bicyclic) bond motifs is 1. The van der Waals surface area contributed by atoms with Gasteiger partial charge < -0.3 is 14.6 Å². The highest BCUT2D eigenvalue weighted by Crippen LogP contribution is 2.21. The van der Waals surface area contributed by atoms with Crippen molar-refractivity contribution in [3.63, 3.8) is 0 Å². The number of nitrogens with zero attached hydrogens (tertiary/aromatic N) is 2. The van der Waals surface area contributed by atoms with Crippen LogP contribution in [-0.4, -0.2) is 32.1 Å². The Morgan fingerprint density at radius 3 is 2.48 bits per heavy atom. The quantitative estimate of drug-likeness (QED) is 0.661. The average Bonchev–Trinajstić information content (AvgIpc) is 3.05. The molecule has 1 aromatic heterocycles. The zero-order chi connectivity index (χ0) is 21.0. The molecule has 2 aromatic carbocycles. The third-order valence-electron chi connectivity index (χ3n) is 4.07. The summed E-state index contributed by atoms with van der Waals surface area (Å²) in [6, 6.07) is 14.7. The first-order valence-electron chi connectivity index (χ1n) is 8.32. The van der Waals surface area contributed by atoms with Crippen molar-refractivity contribution in [2.45, 2.75) is 11.4 Å². The van der Waals surface area contributed by atoms with E-state index in [1.54, 1.807) is 15.5 Å². The highest BCUT2D eigenvalue weighted by atomic mass is 32.2. The molecule has 3 aromatic rings. The molecule has 0 fully saturated rings. The van der Waals surface area contributed by atoms with Gasteiger partial charge in [-0.05, 0) is 30.3 Å². The fourth-order valence-corrected chi connectivity index (χ4v) is 3.66. The first-order chi connectivity index (χ1) is 13.8. The number of anilines is 1. The summed E-state index contributed by atoms with van der Waals surface area (Å²) in [5.74, 6) is -0.349. The number of aromatic nitrogens is 1. The number of rotatable bonds is 5. The molecule has 0 bridgehead atoms. The zero-order valence-electron chi connectivity index (χ0n) is 15.2. The Kier molecular flexibility index (Phi) is 5.52. The topological polar surface area (TPSA) is 130 Å². The molecule has 0 atom stereocenters. The first-order valence-corrected chi connectivity index (χ1v) is 9.81. The van der Waals surface area contributed by atoms with Gasteiger partial charge in [-0.3, -0.25) is 4.79 Å². The number of carbonyl (C=O) groups is 2. The molecule has 29 heavy (non-hydrogen) atoms. The van der Waals surface area contributed by atoms with Crippen molar-refractivity contribution in [1.29, 1.82) is 5.26 Å². The van der Waals surface area contributed by atoms with Crippen molar-refractivity contribution in [2.24, 2.45) is 0 Å². The number of nitrogens with one attached hydrogen (secondary N) is 2. The fourth-order valence-electron chi connectivity index (χ4n) is 2.75. The maximum Gasteiger partial charge on any atom is 0.420 e. The van der Waals surface area contributed by atoms with E-state index in [4.69, 9.17) is 0 Å². The van der Waals surface area contributed by atoms with E-state index in [0.29, 0.717) is 11.3 Å². The van der Waals surface area contributed by atoms with Gasteiger partial charge in [0.2, 0.25) is 5.91 Å². The van der Waals surface area contributed by atoms with E-state index in [1.807, 2.05) is 24.3 Å². The molecule has 1 heterocycles. The predicted octanol–water partition coefficient (Wildman–Crippen LogP) is 2.20. The minimum Gasteiger partial charge on any atom is -0.452 e. The lowest BCUT2D eigenvalue weighted by molar-refractivity contribution is -0.116. The SMILES string of the molecule is COC(=O)NS(=O)(=O)c1ccc(NC(=O)Cn2cc(C#N)c3ccccc32)cc1. The Morgan fingerprint density at radius 1 is 1.14 bits per heavy atom. The van der Waals surface area contributed by atoms with Crippen LogP contribution < -0.4 is 10.0 Å². The molecule has 2 N–H and O–H groups in total. The summed E-state index contributed by atoms with van der Waals surface area (Å²) in [5.41, 5.74) is 1.61. The second-order valence-corrected chi connectivity index (χ2v) is 7.65. The second kappa shape index (κ2) is 8.04. The summed E-state index contributed by atoms with van der Waals surface area (Å²) in [4.78, 5) is 23.3. The van der Waals surface area contributed by atoms with Gasteiger partial charge in [0.15, 0.2) is 0 Å². The summed E-state index contributed by atoms with van der Waals surface area (Å²) >= 11 is 0. The second-order valence-electron chi connectivity index (χ2n) is 5.97. The molecule has 0 aliphatic carbocycles. The van der Waals surface area contributed by atoms with Crippen LogP contribution in [0.25, 0.3) is 10.9 Å². The lowest BCUT2D eigenvalue weighted by atomic mass is 10.2. The Morgan fingerprint density at radius 2 is 1.83 bits per heavy atom. The van der Waals surface area contributed by atoms with Crippen LogP contribution in [0, 0.1) is 11.3 Å². The third kappa shape index (κ3) is 4.36. The molecule has 2 amide bonds. The standard InChI is InChI=1S/C19H16N4O5S/c1-28-19(25)22-29(26,27)15-8-6-14(7-9-15)21-18(24)12-23-11-13(10-20)16-4-2-3-5-17(16)23/h2-9,11H,12H2,1H3,(H,21,24)(H,22,25). The van der Waals surface area contributed by atoms with Gasteiger partial charge in [-0.2, -0.15) is 5.26 Å². The van der Waals surface area contributed by atoms with Gasteiger partial charge in [-0.15, -0.1) is 0 Å². The molecule has 9 nitrogen and oxygen atoms in total. The van der Waals surface area contributed by atoms with Gasteiger partial charge >= 0.3 is 6.09 Å². The molecule has 3 rings (SSSR count). The smallest absolute Gasteiger partial charge is 0.420 e. The molecule has 0 aliphatic heterocycles. The van der Waals surface area contributed by atoms with Gasteiger partial charge in [0, 0.05) is 22.8 Å². The molecule has 10 heteroatoms. The Hall–Kier alpha value is -3.84. The number of para-hydroxylation sites is 1. The van der Waals surface area contributed by atoms with Crippen molar-refractivity contribution in [1.82, 2.24) is 9.29 Å². The van der Waals surface area contributed by atoms with Crippen LogP contribution in [-0.2, 0) is 26.1 Å². The molecule has 0 aliphatic rings. The van der Waals surface area contributed by atoms with E-state index in [0.717, 1.165) is 18.0 Å². The molecular formula is C19H16N4O5S. The van der Waals surface area contributed by atoms with Gasteiger partial charge in [0.25, 0.3) is 10.0 Å². The number of nitriles is 1. The van der Waals surface area contributed by atoms with Crippen LogP contribution in [0.15, 0.2) is 59.6 Å². The highest BCUT2D eigenvalue weighted by Gasteiger charge is 2.18. The summed E-state index contributed by atoms with van der Waals surface area (Å²) in [7, 11) is -3.01. The van der Waals surface area contributed by atoms with E-state index in [9.17, 15) is 23.3 Å². The van der Waals surface area contributed by atoms with Crippen LogP contribution in [0.3, 0.4) is 0 Å². The summed E-state index contributed by atoms with van der Waals surface area (Å²) in [5, 5.41) is 12.7. The monoisotopic (exact) mass is 412 g/mol. The lowest BCUT2D eigenvalue weighted by Crippen LogP contribution is -2.30. The summed E-state index contributed by atoms with van der Waals surface area (Å²) in [6.07, 6.45) is 0.511. The lowest BCUT2D eigenvalue weighted by Gasteiger charge is -2.09. The molecule has 0 radical (unpaired) electrons. The van der Waals surface area contributed by atoms with Crippen molar-refractivity contribution < 1.29 is 22.7 Å². The number of ether oxygens (including phenoxy) is 1. The predicted molar refractivity (Wildman–Crippen MR) is 104 cm³/mol. The van der Waals surface area contributed by atoms with Crippen LogP contribution in [0.4, 0.5) is 10.5 Å². The Balaban J connectivity index is 1.72. The van der Waals surface area contributed by atoms with Gasteiger partial charge in [-0.25, -0.2) is 17.9 Å². The first kappa shape index (κ1) is 19.9. The number of hydrogen-bond acceptors (Lipinski definition) is 6. The van der Waals surface area contributed by atoms with Gasteiger partial charge in [0.05, 0.1) is 17.6 Å². The van der Waals surface area contributed by atoms with Crippen LogP contribution in [0.2, 0.25) is 0 Å². The average molecular weight is 412 g/mol. The number of amides is 2. The molecule has 0 saturated carbocycles. The molecule has 0 unspecified atom stereocenters. The van der Waals surface area contributed by atoms with Crippen molar-refractivity contribution in [2.75, 3.05) is 12.4 Å². The minimum atomic E-state index is -4.06. The number of methoxy groups -OCH3 is 1. The number of benzene rings is 2. The maximum atomic E-state index is 12.4.